The number of rotatable bonds is 7. The Bertz CT molecular complexity index is 779. The zero-order valence-electron chi connectivity index (χ0n) is 15.3. The number of amides is 1. The number of carbonyl (C=O) groups is 1. The number of benzene rings is 1. The molecule has 0 fully saturated rings. The van der Waals surface area contributed by atoms with Gasteiger partial charge >= 0.3 is 0 Å². The van der Waals surface area contributed by atoms with E-state index < -0.39 is 0 Å². The van der Waals surface area contributed by atoms with Gasteiger partial charge in [0.25, 0.3) is 11.5 Å². The molecule has 0 radical (unpaired) electrons. The molecule has 1 atom stereocenters. The van der Waals surface area contributed by atoms with E-state index >= 15 is 0 Å². The summed E-state index contributed by atoms with van der Waals surface area (Å²) in [6, 6.07) is 9.48. The van der Waals surface area contributed by atoms with Crippen LogP contribution in [0.1, 0.15) is 52.0 Å². The monoisotopic (exact) mass is 342 g/mol. The SMILES string of the molecule is COCCC(C)c1ccc(C(=O)NCc2c(C)cc(C)[nH]c2=O)cc1. The van der Waals surface area contributed by atoms with Crippen LogP contribution in [0, 0.1) is 13.8 Å². The summed E-state index contributed by atoms with van der Waals surface area (Å²) in [5.74, 6) is 0.196. The Hall–Kier alpha value is -2.40. The van der Waals surface area contributed by atoms with Crippen LogP contribution in [-0.4, -0.2) is 24.6 Å². The minimum atomic E-state index is -0.185. The van der Waals surface area contributed by atoms with Crippen molar-refractivity contribution in [1.82, 2.24) is 10.3 Å². The van der Waals surface area contributed by atoms with Crippen LogP contribution in [0.4, 0.5) is 0 Å². The van der Waals surface area contributed by atoms with Crippen LogP contribution in [0.3, 0.4) is 0 Å². The molecule has 2 N–H and O–H groups in total. The molecule has 0 spiro atoms. The van der Waals surface area contributed by atoms with Crippen LogP contribution in [0.2, 0.25) is 0 Å². The lowest BCUT2D eigenvalue weighted by atomic mass is 9.97. The van der Waals surface area contributed by atoms with E-state index in [2.05, 4.69) is 17.2 Å². The fraction of sp³-hybridized carbons (Fsp3) is 0.400. The average Bonchev–Trinajstić information content (AvgIpc) is 2.58. The molecule has 0 saturated heterocycles. The second-order valence-corrected chi connectivity index (χ2v) is 6.43. The maximum absolute atomic E-state index is 12.3. The molecule has 2 aromatic rings. The molecule has 0 bridgehead atoms. The Morgan fingerprint density at radius 3 is 2.52 bits per heavy atom. The fourth-order valence-electron chi connectivity index (χ4n) is 2.80. The van der Waals surface area contributed by atoms with E-state index in [0.717, 1.165) is 17.7 Å². The van der Waals surface area contributed by atoms with Gasteiger partial charge < -0.3 is 15.0 Å². The van der Waals surface area contributed by atoms with E-state index in [9.17, 15) is 9.59 Å². The van der Waals surface area contributed by atoms with Gasteiger partial charge in [0.1, 0.15) is 0 Å². The lowest BCUT2D eigenvalue weighted by Gasteiger charge is -2.12. The molecule has 5 nitrogen and oxygen atoms in total. The number of hydrogen-bond acceptors (Lipinski definition) is 3. The summed E-state index contributed by atoms with van der Waals surface area (Å²) in [6.45, 7) is 6.78. The summed E-state index contributed by atoms with van der Waals surface area (Å²) >= 11 is 0. The Kier molecular flexibility index (Phi) is 6.53. The van der Waals surface area contributed by atoms with Crippen molar-refractivity contribution in [3.8, 4) is 0 Å². The van der Waals surface area contributed by atoms with Crippen LogP contribution < -0.4 is 10.9 Å². The summed E-state index contributed by atoms with van der Waals surface area (Å²) in [6.07, 6.45) is 0.942. The first-order valence-electron chi connectivity index (χ1n) is 8.49. The summed E-state index contributed by atoms with van der Waals surface area (Å²) in [4.78, 5) is 27.1. The van der Waals surface area contributed by atoms with Gasteiger partial charge in [-0.1, -0.05) is 19.1 Å². The molecular weight excluding hydrogens is 316 g/mol. The molecule has 1 heterocycles. The number of aryl methyl sites for hydroxylation is 2. The van der Waals surface area contributed by atoms with E-state index in [-0.39, 0.29) is 18.0 Å². The van der Waals surface area contributed by atoms with Crippen molar-refractivity contribution < 1.29 is 9.53 Å². The topological polar surface area (TPSA) is 71.2 Å². The van der Waals surface area contributed by atoms with Crippen LogP contribution >= 0.6 is 0 Å². The molecule has 1 amide bonds. The van der Waals surface area contributed by atoms with Crippen LogP contribution in [0.5, 0.6) is 0 Å². The number of aromatic nitrogens is 1. The smallest absolute Gasteiger partial charge is 0.253 e. The highest BCUT2D eigenvalue weighted by Crippen LogP contribution is 2.19. The van der Waals surface area contributed by atoms with Gasteiger partial charge in [-0.15, -0.1) is 0 Å². The maximum Gasteiger partial charge on any atom is 0.253 e. The lowest BCUT2D eigenvalue weighted by Crippen LogP contribution is -2.27. The molecular formula is C20H26N2O3. The zero-order valence-corrected chi connectivity index (χ0v) is 15.3. The molecule has 0 saturated carbocycles. The zero-order chi connectivity index (χ0) is 18.4. The minimum absolute atomic E-state index is 0.153. The summed E-state index contributed by atoms with van der Waals surface area (Å²) < 4.78 is 5.10. The lowest BCUT2D eigenvalue weighted by molar-refractivity contribution is 0.0950. The first kappa shape index (κ1) is 18.9. The van der Waals surface area contributed by atoms with Gasteiger partial charge in [0.15, 0.2) is 0 Å². The molecule has 25 heavy (non-hydrogen) atoms. The summed E-state index contributed by atoms with van der Waals surface area (Å²) in [5, 5.41) is 2.82. The third-order valence-corrected chi connectivity index (χ3v) is 4.42. The van der Waals surface area contributed by atoms with Gasteiger partial charge in [0.05, 0.1) is 0 Å². The molecule has 134 valence electrons. The van der Waals surface area contributed by atoms with Crippen LogP contribution in [-0.2, 0) is 11.3 Å². The molecule has 0 aliphatic heterocycles. The second kappa shape index (κ2) is 8.62. The summed E-state index contributed by atoms with van der Waals surface area (Å²) in [5.41, 5.74) is 3.90. The molecule has 0 aliphatic rings. The van der Waals surface area contributed by atoms with Crippen molar-refractivity contribution in [3.05, 3.63) is 68.6 Å². The highest BCUT2D eigenvalue weighted by Gasteiger charge is 2.11. The van der Waals surface area contributed by atoms with E-state index in [1.165, 1.54) is 5.56 Å². The van der Waals surface area contributed by atoms with Gasteiger partial charge in [-0.05, 0) is 55.5 Å². The average molecular weight is 342 g/mol. The minimum Gasteiger partial charge on any atom is -0.385 e. The first-order valence-corrected chi connectivity index (χ1v) is 8.49. The standard InChI is InChI=1S/C20H26N2O3/c1-13(9-10-25-4)16-5-7-17(8-6-16)19(23)21-12-18-14(2)11-15(3)22-20(18)24/h5-8,11,13H,9-10,12H2,1-4H3,(H,21,23)(H,22,24). The van der Waals surface area contributed by atoms with E-state index in [0.29, 0.717) is 23.7 Å². The van der Waals surface area contributed by atoms with Crippen molar-refractivity contribution in [2.75, 3.05) is 13.7 Å². The molecule has 2 rings (SSSR count). The maximum atomic E-state index is 12.3. The normalized spacial score (nSPS) is 12.0. The van der Waals surface area contributed by atoms with Gasteiger partial charge in [0.2, 0.25) is 0 Å². The Morgan fingerprint density at radius 1 is 1.24 bits per heavy atom. The van der Waals surface area contributed by atoms with Gasteiger partial charge in [-0.25, -0.2) is 0 Å². The van der Waals surface area contributed by atoms with E-state index in [1.54, 1.807) is 7.11 Å². The molecule has 5 heteroatoms. The molecule has 1 aromatic carbocycles. The first-order chi connectivity index (χ1) is 11.9. The third-order valence-electron chi connectivity index (χ3n) is 4.42. The predicted molar refractivity (Wildman–Crippen MR) is 99.1 cm³/mol. The number of aromatic amines is 1. The largest absolute Gasteiger partial charge is 0.385 e. The van der Waals surface area contributed by atoms with Crippen molar-refractivity contribution >= 4 is 5.91 Å². The number of carbonyl (C=O) groups excluding carboxylic acids is 1. The highest BCUT2D eigenvalue weighted by atomic mass is 16.5. The molecule has 1 aromatic heterocycles. The number of ether oxygens (including phenoxy) is 1. The third kappa shape index (κ3) is 5.03. The van der Waals surface area contributed by atoms with Crippen molar-refractivity contribution in [1.29, 1.82) is 0 Å². The Labute approximate surface area is 148 Å². The van der Waals surface area contributed by atoms with Gasteiger partial charge in [0, 0.05) is 37.1 Å². The number of H-pyrrole nitrogens is 1. The number of methoxy groups -OCH3 is 1. The van der Waals surface area contributed by atoms with Gasteiger partial charge in [-0.3, -0.25) is 9.59 Å². The highest BCUT2D eigenvalue weighted by molar-refractivity contribution is 5.94. The van der Waals surface area contributed by atoms with Crippen molar-refractivity contribution in [2.24, 2.45) is 0 Å². The van der Waals surface area contributed by atoms with Crippen molar-refractivity contribution in [3.63, 3.8) is 0 Å². The van der Waals surface area contributed by atoms with E-state index in [1.807, 2.05) is 44.2 Å². The Balaban J connectivity index is 2.01. The van der Waals surface area contributed by atoms with Crippen LogP contribution in [0.25, 0.3) is 0 Å². The quantitative estimate of drug-likeness (QED) is 0.812. The Morgan fingerprint density at radius 2 is 1.92 bits per heavy atom. The van der Waals surface area contributed by atoms with Gasteiger partial charge in [-0.2, -0.15) is 0 Å². The summed E-state index contributed by atoms with van der Waals surface area (Å²) in [7, 11) is 1.70. The second-order valence-electron chi connectivity index (χ2n) is 6.43. The predicted octanol–water partition coefficient (Wildman–Crippen LogP) is 3.06. The number of pyridine rings is 1. The van der Waals surface area contributed by atoms with Crippen molar-refractivity contribution in [2.45, 2.75) is 39.7 Å². The number of hydrogen-bond donors (Lipinski definition) is 2. The molecule has 1 unspecified atom stereocenters. The fourth-order valence-corrected chi connectivity index (χ4v) is 2.80. The molecule has 0 aliphatic carbocycles. The van der Waals surface area contributed by atoms with E-state index in [4.69, 9.17) is 4.74 Å². The number of nitrogens with one attached hydrogen (secondary N) is 2. The van der Waals surface area contributed by atoms with Crippen LogP contribution in [0.15, 0.2) is 35.1 Å².